The maximum atomic E-state index is 5.43. The zero-order chi connectivity index (χ0) is 9.68. The fourth-order valence-corrected chi connectivity index (χ4v) is 1.47. The number of hydrogen-bond donors (Lipinski definition) is 1. The first-order chi connectivity index (χ1) is 6.27. The lowest BCUT2D eigenvalue weighted by molar-refractivity contribution is -0.185. The molecule has 1 rings (SSSR count). The minimum atomic E-state index is 0.376. The maximum Gasteiger partial charge on any atom is 0.129 e. The third-order valence-electron chi connectivity index (χ3n) is 2.40. The van der Waals surface area contributed by atoms with Crippen molar-refractivity contribution >= 4 is 0 Å². The first-order valence-electron chi connectivity index (χ1n) is 4.84. The van der Waals surface area contributed by atoms with Crippen molar-refractivity contribution in [2.75, 3.05) is 19.7 Å². The monoisotopic (exact) mass is 182 g/mol. The van der Waals surface area contributed by atoms with Gasteiger partial charge in [-0.15, -0.1) is 6.42 Å². The third-order valence-corrected chi connectivity index (χ3v) is 2.40. The molecule has 0 aliphatic carbocycles. The molecule has 13 heavy (non-hydrogen) atoms. The largest absolute Gasteiger partial charge is 0.311 e. The van der Waals surface area contributed by atoms with E-state index in [-0.39, 0.29) is 0 Å². The molecule has 74 valence electrons. The summed E-state index contributed by atoms with van der Waals surface area (Å²) in [5.41, 5.74) is 0. The van der Waals surface area contributed by atoms with E-state index in [9.17, 15) is 0 Å². The molecule has 2 atom stereocenters. The molecule has 2 unspecified atom stereocenters. The van der Waals surface area contributed by atoms with Gasteiger partial charge in [-0.25, -0.2) is 0 Å². The van der Waals surface area contributed by atoms with Crippen LogP contribution in [0, 0.1) is 12.3 Å². The number of hydroxylamine groups is 2. The van der Waals surface area contributed by atoms with Crippen molar-refractivity contribution in [1.29, 1.82) is 0 Å². The number of hydrogen-bond acceptors (Lipinski definition) is 3. The van der Waals surface area contributed by atoms with Crippen molar-refractivity contribution in [3.05, 3.63) is 0 Å². The minimum absolute atomic E-state index is 0.376. The molecule has 1 heterocycles. The summed E-state index contributed by atoms with van der Waals surface area (Å²) >= 11 is 0. The fourth-order valence-electron chi connectivity index (χ4n) is 1.47. The molecule has 3 nitrogen and oxygen atoms in total. The van der Waals surface area contributed by atoms with Crippen molar-refractivity contribution in [2.45, 2.75) is 32.4 Å². The molecule has 0 saturated carbocycles. The summed E-state index contributed by atoms with van der Waals surface area (Å²) in [6.45, 7) is 6.59. The van der Waals surface area contributed by atoms with Gasteiger partial charge >= 0.3 is 0 Å². The number of rotatable bonds is 3. The highest BCUT2D eigenvalue weighted by Crippen LogP contribution is 2.08. The van der Waals surface area contributed by atoms with Crippen molar-refractivity contribution in [1.82, 2.24) is 10.4 Å². The Hall–Kier alpha value is -0.560. The Labute approximate surface area is 80.4 Å². The summed E-state index contributed by atoms with van der Waals surface area (Å²) < 4.78 is 0. The topological polar surface area (TPSA) is 24.5 Å². The van der Waals surface area contributed by atoms with Crippen LogP contribution in [0.2, 0.25) is 0 Å². The molecule has 1 aliphatic heterocycles. The zero-order valence-electron chi connectivity index (χ0n) is 8.42. The van der Waals surface area contributed by atoms with Crippen LogP contribution in [0.3, 0.4) is 0 Å². The molecule has 1 saturated heterocycles. The molecule has 0 bridgehead atoms. The highest BCUT2D eigenvalue weighted by atomic mass is 16.7. The Balaban J connectivity index is 2.36. The molecule has 0 spiro atoms. The van der Waals surface area contributed by atoms with Crippen LogP contribution >= 0.6 is 0 Å². The number of nitrogens with one attached hydrogen (secondary N) is 1. The van der Waals surface area contributed by atoms with Gasteiger partial charge in [-0.2, -0.15) is 5.06 Å². The second-order valence-corrected chi connectivity index (χ2v) is 3.44. The Morgan fingerprint density at radius 2 is 2.46 bits per heavy atom. The van der Waals surface area contributed by atoms with Gasteiger partial charge in [-0.05, 0) is 13.3 Å². The average molecular weight is 182 g/mol. The van der Waals surface area contributed by atoms with E-state index in [2.05, 4.69) is 25.1 Å². The fraction of sp³-hybridized carbons (Fsp3) is 0.800. The standard InChI is InChI=1S/C10H18N2O/c1-4-6-13-12-8-10(5-2)11-7-9(12)3/h1,9-11H,5-8H2,2-3H3. The number of nitrogens with zero attached hydrogens (tertiary/aromatic N) is 1. The second-order valence-electron chi connectivity index (χ2n) is 3.44. The van der Waals surface area contributed by atoms with Gasteiger partial charge in [0.05, 0.1) is 0 Å². The molecule has 1 aliphatic rings. The van der Waals surface area contributed by atoms with E-state index in [0.717, 1.165) is 19.5 Å². The lowest BCUT2D eigenvalue weighted by Gasteiger charge is -2.36. The van der Waals surface area contributed by atoms with E-state index < -0.39 is 0 Å². The Morgan fingerprint density at radius 1 is 1.69 bits per heavy atom. The smallest absolute Gasteiger partial charge is 0.129 e. The van der Waals surface area contributed by atoms with Gasteiger partial charge in [0.2, 0.25) is 0 Å². The molecule has 0 aromatic heterocycles. The summed E-state index contributed by atoms with van der Waals surface area (Å²) in [4.78, 5) is 5.43. The van der Waals surface area contributed by atoms with Crippen LogP contribution in [0.4, 0.5) is 0 Å². The molecule has 0 radical (unpaired) electrons. The molecule has 0 amide bonds. The molecule has 1 fully saturated rings. The number of terminal acetylenes is 1. The van der Waals surface area contributed by atoms with Crippen molar-refractivity contribution in [2.24, 2.45) is 0 Å². The van der Waals surface area contributed by atoms with Crippen LogP contribution in [0.1, 0.15) is 20.3 Å². The first-order valence-corrected chi connectivity index (χ1v) is 4.84. The summed E-state index contributed by atoms with van der Waals surface area (Å²) in [5.74, 6) is 2.48. The summed E-state index contributed by atoms with van der Waals surface area (Å²) in [6, 6.07) is 0.949. The van der Waals surface area contributed by atoms with Gasteiger partial charge in [-0.1, -0.05) is 12.8 Å². The minimum Gasteiger partial charge on any atom is -0.311 e. The van der Waals surface area contributed by atoms with Gasteiger partial charge in [0, 0.05) is 25.2 Å². The van der Waals surface area contributed by atoms with E-state index in [4.69, 9.17) is 11.3 Å². The summed E-state index contributed by atoms with van der Waals surface area (Å²) in [6.07, 6.45) is 6.27. The summed E-state index contributed by atoms with van der Waals surface area (Å²) in [5, 5.41) is 5.44. The van der Waals surface area contributed by atoms with E-state index in [1.54, 1.807) is 0 Å². The lowest BCUT2D eigenvalue weighted by Crippen LogP contribution is -2.54. The predicted molar refractivity (Wildman–Crippen MR) is 53.0 cm³/mol. The quantitative estimate of drug-likeness (QED) is 0.648. The Morgan fingerprint density at radius 3 is 3.08 bits per heavy atom. The molecular weight excluding hydrogens is 164 g/mol. The molecule has 3 heteroatoms. The van der Waals surface area contributed by atoms with Crippen molar-refractivity contribution < 1.29 is 4.84 Å². The average Bonchev–Trinajstić information content (AvgIpc) is 2.17. The normalized spacial score (nSPS) is 29.9. The Kier molecular flexibility index (Phi) is 4.23. The first kappa shape index (κ1) is 10.5. The molecular formula is C10H18N2O. The van der Waals surface area contributed by atoms with Crippen LogP contribution in [0.5, 0.6) is 0 Å². The van der Waals surface area contributed by atoms with Gasteiger partial charge in [-0.3, -0.25) is 4.84 Å². The van der Waals surface area contributed by atoms with E-state index in [1.165, 1.54) is 0 Å². The zero-order valence-corrected chi connectivity index (χ0v) is 8.42. The Bertz CT molecular complexity index is 188. The molecule has 0 aromatic carbocycles. The van der Waals surface area contributed by atoms with Crippen LogP contribution in [0.25, 0.3) is 0 Å². The van der Waals surface area contributed by atoms with Crippen LogP contribution < -0.4 is 5.32 Å². The van der Waals surface area contributed by atoms with Crippen LogP contribution in [0.15, 0.2) is 0 Å². The van der Waals surface area contributed by atoms with Crippen LogP contribution in [-0.2, 0) is 4.84 Å². The van der Waals surface area contributed by atoms with E-state index in [1.807, 2.05) is 5.06 Å². The van der Waals surface area contributed by atoms with Gasteiger partial charge in [0.25, 0.3) is 0 Å². The van der Waals surface area contributed by atoms with E-state index >= 15 is 0 Å². The lowest BCUT2D eigenvalue weighted by atomic mass is 10.1. The SMILES string of the molecule is C#CCON1CC(CC)NCC1C. The van der Waals surface area contributed by atoms with Crippen molar-refractivity contribution in [3.8, 4) is 12.3 Å². The molecule has 1 N–H and O–H groups in total. The third kappa shape index (κ3) is 3.00. The summed E-state index contributed by atoms with van der Waals surface area (Å²) in [7, 11) is 0. The van der Waals surface area contributed by atoms with E-state index in [0.29, 0.717) is 18.7 Å². The second kappa shape index (κ2) is 5.23. The van der Waals surface area contributed by atoms with Crippen molar-refractivity contribution in [3.63, 3.8) is 0 Å². The molecule has 0 aromatic rings. The number of piperazine rings is 1. The van der Waals surface area contributed by atoms with Crippen LogP contribution in [-0.4, -0.2) is 36.8 Å². The predicted octanol–water partition coefficient (Wildman–Crippen LogP) is 0.623. The van der Waals surface area contributed by atoms with Gasteiger partial charge in [0.1, 0.15) is 6.61 Å². The van der Waals surface area contributed by atoms with Gasteiger partial charge in [0.15, 0.2) is 0 Å². The van der Waals surface area contributed by atoms with Gasteiger partial charge < -0.3 is 5.32 Å². The maximum absolute atomic E-state index is 5.43. The highest BCUT2D eigenvalue weighted by Gasteiger charge is 2.24. The highest BCUT2D eigenvalue weighted by molar-refractivity contribution is 4.84.